The molecular formula is C24H25FN2O6S. The van der Waals surface area contributed by atoms with Crippen molar-refractivity contribution in [2.75, 3.05) is 32.1 Å². The summed E-state index contributed by atoms with van der Waals surface area (Å²) >= 11 is 0. The Hall–Kier alpha value is -3.79. The number of benzene rings is 3. The number of para-hydroxylation sites is 1. The molecule has 0 saturated heterocycles. The molecule has 10 heteroatoms. The number of amides is 1. The highest BCUT2D eigenvalue weighted by Gasteiger charge is 2.24. The minimum Gasteiger partial charge on any atom is -0.493 e. The number of anilines is 1. The van der Waals surface area contributed by atoms with Gasteiger partial charge in [-0.25, -0.2) is 12.8 Å². The van der Waals surface area contributed by atoms with E-state index in [9.17, 15) is 17.6 Å². The Balaban J connectivity index is 1.81. The summed E-state index contributed by atoms with van der Waals surface area (Å²) in [7, 11) is -1.59. The highest BCUT2D eigenvalue weighted by Crippen LogP contribution is 2.35. The molecule has 0 atom stereocenters. The van der Waals surface area contributed by atoms with Crippen molar-refractivity contribution in [2.45, 2.75) is 11.8 Å². The quantitative estimate of drug-likeness (QED) is 0.421. The van der Waals surface area contributed by atoms with Crippen LogP contribution in [0.2, 0.25) is 0 Å². The minimum atomic E-state index is -4.24. The van der Waals surface area contributed by atoms with Crippen LogP contribution in [0.25, 0.3) is 0 Å². The maximum Gasteiger partial charge on any atom is 0.262 e. The van der Waals surface area contributed by atoms with Crippen LogP contribution in [0.1, 0.15) is 15.9 Å². The van der Waals surface area contributed by atoms with Gasteiger partial charge < -0.3 is 19.5 Å². The van der Waals surface area contributed by atoms with Gasteiger partial charge in [0, 0.05) is 6.07 Å². The minimum absolute atomic E-state index is 0.0278. The number of carbonyl (C=O) groups excluding carboxylic acids is 1. The molecule has 0 saturated carbocycles. The van der Waals surface area contributed by atoms with Gasteiger partial charge in [0.15, 0.2) is 11.5 Å². The Morgan fingerprint density at radius 1 is 1.00 bits per heavy atom. The van der Waals surface area contributed by atoms with E-state index in [0.29, 0.717) is 5.75 Å². The number of sulfonamides is 1. The third-order valence-corrected chi connectivity index (χ3v) is 6.12. The third kappa shape index (κ3) is 5.96. The van der Waals surface area contributed by atoms with Crippen molar-refractivity contribution in [3.8, 4) is 17.2 Å². The first-order valence-corrected chi connectivity index (χ1v) is 11.7. The van der Waals surface area contributed by atoms with Gasteiger partial charge in [-0.3, -0.25) is 9.52 Å². The van der Waals surface area contributed by atoms with Crippen LogP contribution in [0, 0.1) is 12.7 Å². The topological polar surface area (TPSA) is 103 Å². The molecule has 0 spiro atoms. The molecule has 0 fully saturated rings. The number of ether oxygens (including phenoxy) is 3. The zero-order valence-corrected chi connectivity index (χ0v) is 19.7. The Labute approximate surface area is 197 Å². The van der Waals surface area contributed by atoms with Crippen LogP contribution in [0.15, 0.2) is 65.6 Å². The molecule has 3 aromatic carbocycles. The van der Waals surface area contributed by atoms with E-state index in [1.54, 1.807) is 6.07 Å². The van der Waals surface area contributed by atoms with E-state index in [1.165, 1.54) is 38.5 Å². The molecule has 0 bridgehead atoms. The summed E-state index contributed by atoms with van der Waals surface area (Å²) in [4.78, 5) is 12.6. The Morgan fingerprint density at radius 3 is 2.44 bits per heavy atom. The average Bonchev–Trinajstić information content (AvgIpc) is 2.82. The number of carbonyl (C=O) groups is 1. The van der Waals surface area contributed by atoms with Crippen molar-refractivity contribution in [2.24, 2.45) is 0 Å². The lowest BCUT2D eigenvalue weighted by Gasteiger charge is -2.16. The number of hydrogen-bond acceptors (Lipinski definition) is 6. The van der Waals surface area contributed by atoms with Crippen molar-refractivity contribution >= 4 is 21.6 Å². The summed E-state index contributed by atoms with van der Waals surface area (Å²) in [5.74, 6) is -0.575. The number of aryl methyl sites for hydroxylation is 1. The highest BCUT2D eigenvalue weighted by atomic mass is 32.2. The zero-order chi connectivity index (χ0) is 24.7. The van der Waals surface area contributed by atoms with Gasteiger partial charge in [-0.05, 0) is 42.8 Å². The van der Waals surface area contributed by atoms with Crippen molar-refractivity contribution in [1.29, 1.82) is 0 Å². The van der Waals surface area contributed by atoms with E-state index in [0.717, 1.165) is 17.7 Å². The summed E-state index contributed by atoms with van der Waals surface area (Å²) in [5, 5.41) is 2.67. The first-order chi connectivity index (χ1) is 16.2. The predicted molar refractivity (Wildman–Crippen MR) is 126 cm³/mol. The summed E-state index contributed by atoms with van der Waals surface area (Å²) in [5.41, 5.74) is 0.753. The highest BCUT2D eigenvalue weighted by molar-refractivity contribution is 7.92. The predicted octanol–water partition coefficient (Wildman–Crippen LogP) is 3.76. The summed E-state index contributed by atoms with van der Waals surface area (Å²) in [6, 6.07) is 15.2. The van der Waals surface area contributed by atoms with Crippen molar-refractivity contribution in [3.05, 3.63) is 77.6 Å². The zero-order valence-electron chi connectivity index (χ0n) is 18.9. The van der Waals surface area contributed by atoms with Gasteiger partial charge in [-0.1, -0.05) is 24.3 Å². The fourth-order valence-electron chi connectivity index (χ4n) is 3.14. The number of methoxy groups -OCH3 is 2. The average molecular weight is 489 g/mol. The van der Waals surface area contributed by atoms with Crippen molar-refractivity contribution in [3.63, 3.8) is 0 Å². The molecule has 8 nitrogen and oxygen atoms in total. The van der Waals surface area contributed by atoms with Gasteiger partial charge >= 0.3 is 0 Å². The first kappa shape index (κ1) is 24.8. The number of hydrogen-bond donors (Lipinski definition) is 2. The first-order valence-electron chi connectivity index (χ1n) is 10.3. The summed E-state index contributed by atoms with van der Waals surface area (Å²) < 4.78 is 58.1. The van der Waals surface area contributed by atoms with Crippen LogP contribution >= 0.6 is 0 Å². The fourth-order valence-corrected chi connectivity index (χ4v) is 4.25. The molecule has 0 aliphatic rings. The third-order valence-electron chi connectivity index (χ3n) is 4.77. The van der Waals surface area contributed by atoms with Crippen LogP contribution < -0.4 is 24.2 Å². The summed E-state index contributed by atoms with van der Waals surface area (Å²) in [6.07, 6.45) is 0. The second-order valence-corrected chi connectivity index (χ2v) is 8.89. The van der Waals surface area contributed by atoms with E-state index < -0.39 is 21.7 Å². The van der Waals surface area contributed by atoms with E-state index >= 15 is 0 Å². The molecule has 0 aliphatic carbocycles. The van der Waals surface area contributed by atoms with Gasteiger partial charge in [0.05, 0.1) is 36.9 Å². The molecule has 3 rings (SSSR count). The molecule has 2 N–H and O–H groups in total. The molecule has 180 valence electrons. The lowest BCUT2D eigenvalue weighted by molar-refractivity contribution is 0.0943. The maximum absolute atomic E-state index is 14.0. The van der Waals surface area contributed by atoms with Gasteiger partial charge in [0.2, 0.25) is 0 Å². The van der Waals surface area contributed by atoms with Crippen molar-refractivity contribution < 1.29 is 31.8 Å². The van der Waals surface area contributed by atoms with Gasteiger partial charge in [0.25, 0.3) is 15.9 Å². The SMILES string of the molecule is COc1cc(S(=O)(=O)Nc2ccccc2F)cc(C(=O)NCCOc2cccc(C)c2)c1OC. The smallest absolute Gasteiger partial charge is 0.262 e. The van der Waals surface area contributed by atoms with Crippen LogP contribution in [0.3, 0.4) is 0 Å². The molecule has 0 unspecified atom stereocenters. The van der Waals surface area contributed by atoms with Gasteiger partial charge in [-0.2, -0.15) is 0 Å². The lowest BCUT2D eigenvalue weighted by Crippen LogP contribution is -2.29. The number of rotatable bonds is 10. The molecule has 0 radical (unpaired) electrons. The Morgan fingerprint density at radius 2 is 1.76 bits per heavy atom. The second-order valence-electron chi connectivity index (χ2n) is 7.21. The molecular weight excluding hydrogens is 463 g/mol. The van der Waals surface area contributed by atoms with Crippen LogP contribution in [0.4, 0.5) is 10.1 Å². The van der Waals surface area contributed by atoms with Gasteiger partial charge in [-0.15, -0.1) is 0 Å². The van der Waals surface area contributed by atoms with Crippen LogP contribution in [0.5, 0.6) is 17.2 Å². The normalized spacial score (nSPS) is 10.9. The molecule has 0 aromatic heterocycles. The van der Waals surface area contributed by atoms with Gasteiger partial charge in [0.1, 0.15) is 18.2 Å². The second kappa shape index (κ2) is 10.9. The standard InChI is InChI=1S/C24H25FN2O6S/c1-16-7-6-8-17(13-16)33-12-11-26-24(28)19-14-18(15-22(31-2)23(19)32-3)34(29,30)27-21-10-5-4-9-20(21)25/h4-10,13-15,27H,11-12H2,1-3H3,(H,26,28). The molecule has 1 amide bonds. The van der Waals surface area contributed by atoms with E-state index in [4.69, 9.17) is 14.2 Å². The molecule has 3 aromatic rings. The molecule has 0 aliphatic heterocycles. The molecule has 0 heterocycles. The largest absolute Gasteiger partial charge is 0.493 e. The van der Waals surface area contributed by atoms with Crippen LogP contribution in [-0.2, 0) is 10.0 Å². The van der Waals surface area contributed by atoms with E-state index in [-0.39, 0.29) is 40.8 Å². The van der Waals surface area contributed by atoms with Crippen LogP contribution in [-0.4, -0.2) is 41.7 Å². The van der Waals surface area contributed by atoms with E-state index in [1.807, 2.05) is 25.1 Å². The molecule has 34 heavy (non-hydrogen) atoms. The Kier molecular flexibility index (Phi) is 7.95. The number of nitrogens with one attached hydrogen (secondary N) is 2. The lowest BCUT2D eigenvalue weighted by atomic mass is 10.1. The van der Waals surface area contributed by atoms with Crippen molar-refractivity contribution in [1.82, 2.24) is 5.32 Å². The fraction of sp³-hybridized carbons (Fsp3) is 0.208. The maximum atomic E-state index is 14.0. The summed E-state index contributed by atoms with van der Waals surface area (Å²) in [6.45, 7) is 2.29. The Bertz CT molecular complexity index is 1280. The number of halogens is 1. The van der Waals surface area contributed by atoms with E-state index in [2.05, 4.69) is 10.0 Å². The monoisotopic (exact) mass is 488 g/mol.